The van der Waals surface area contributed by atoms with Crippen molar-refractivity contribution < 1.29 is 18.3 Å². The van der Waals surface area contributed by atoms with Crippen LogP contribution in [0.1, 0.15) is 51.3 Å². The maximum atomic E-state index is 13.1. The molecule has 9 heteroatoms. The van der Waals surface area contributed by atoms with Gasteiger partial charge in [-0.25, -0.2) is 27.9 Å². The third-order valence-corrected chi connectivity index (χ3v) is 7.70. The van der Waals surface area contributed by atoms with E-state index in [4.69, 9.17) is 0 Å². The van der Waals surface area contributed by atoms with Crippen molar-refractivity contribution in [1.82, 2.24) is 9.97 Å². The quantitative estimate of drug-likeness (QED) is 0.466. The number of rotatable bonds is 5. The summed E-state index contributed by atoms with van der Waals surface area (Å²) in [6, 6.07) is 13.7. The van der Waals surface area contributed by atoms with Crippen LogP contribution in [-0.2, 0) is 10.0 Å². The third-order valence-electron chi connectivity index (χ3n) is 6.37. The monoisotopic (exact) mass is 476 g/mol. The highest BCUT2D eigenvalue weighted by molar-refractivity contribution is 7.92. The van der Waals surface area contributed by atoms with Crippen molar-refractivity contribution in [1.29, 1.82) is 0 Å². The maximum Gasteiger partial charge on any atom is 0.335 e. The van der Waals surface area contributed by atoms with E-state index >= 15 is 0 Å². The Hall–Kier alpha value is -3.72. The highest BCUT2D eigenvalue weighted by Crippen LogP contribution is 2.50. The second-order valence-electron chi connectivity index (χ2n) is 8.73. The Morgan fingerprint density at radius 1 is 1.06 bits per heavy atom. The molecule has 5 rings (SSSR count). The molecule has 0 amide bonds. The molecule has 8 nitrogen and oxygen atoms in total. The molecule has 174 valence electrons. The number of aromatic carboxylic acids is 1. The van der Waals surface area contributed by atoms with E-state index in [2.05, 4.69) is 32.2 Å². The van der Waals surface area contributed by atoms with Crippen LogP contribution in [-0.4, -0.2) is 29.5 Å². The minimum Gasteiger partial charge on any atom is -0.478 e. The van der Waals surface area contributed by atoms with Crippen LogP contribution in [0.5, 0.6) is 0 Å². The van der Waals surface area contributed by atoms with Gasteiger partial charge < -0.3 is 10.4 Å². The molecule has 0 saturated heterocycles. The first-order valence-electron chi connectivity index (χ1n) is 11.0. The summed E-state index contributed by atoms with van der Waals surface area (Å²) in [7, 11) is -3.87. The van der Waals surface area contributed by atoms with Gasteiger partial charge in [0.15, 0.2) is 0 Å². The Balaban J connectivity index is 1.47. The zero-order valence-electron chi connectivity index (χ0n) is 18.7. The number of carboxylic acids is 1. The Morgan fingerprint density at radius 3 is 2.44 bits per heavy atom. The molecule has 3 atom stereocenters. The number of allylic oxidation sites excluding steroid dienone is 2. The summed E-state index contributed by atoms with van der Waals surface area (Å²) in [5.74, 6) is -0.663. The minimum atomic E-state index is -3.87. The van der Waals surface area contributed by atoms with Gasteiger partial charge in [-0.1, -0.05) is 24.3 Å². The molecule has 0 saturated carbocycles. The molecule has 3 aromatic rings. The number of aryl methyl sites for hydroxylation is 2. The molecule has 0 radical (unpaired) electrons. The number of aromatic nitrogens is 2. The molecule has 1 aromatic heterocycles. The minimum absolute atomic E-state index is 0.0143. The lowest BCUT2D eigenvalue weighted by Gasteiger charge is -2.37. The first-order valence-corrected chi connectivity index (χ1v) is 12.4. The lowest BCUT2D eigenvalue weighted by Crippen LogP contribution is -2.29. The fourth-order valence-electron chi connectivity index (χ4n) is 4.85. The van der Waals surface area contributed by atoms with Gasteiger partial charge in [0.1, 0.15) is 0 Å². The van der Waals surface area contributed by atoms with Crippen molar-refractivity contribution in [2.45, 2.75) is 37.1 Å². The summed E-state index contributed by atoms with van der Waals surface area (Å²) in [5.41, 5.74) is 4.39. The van der Waals surface area contributed by atoms with Crippen molar-refractivity contribution in [2.24, 2.45) is 5.92 Å². The number of fused-ring (bicyclic) bond motifs is 3. The van der Waals surface area contributed by atoms with Crippen molar-refractivity contribution in [3.63, 3.8) is 0 Å². The third kappa shape index (κ3) is 4.03. The van der Waals surface area contributed by atoms with E-state index in [9.17, 15) is 18.3 Å². The van der Waals surface area contributed by atoms with Crippen LogP contribution in [0.25, 0.3) is 0 Å². The van der Waals surface area contributed by atoms with Crippen LogP contribution in [0.2, 0.25) is 0 Å². The molecule has 2 aliphatic rings. The Labute approximate surface area is 197 Å². The van der Waals surface area contributed by atoms with Crippen LogP contribution in [0.4, 0.5) is 11.6 Å². The summed E-state index contributed by atoms with van der Waals surface area (Å²) in [4.78, 5) is 19.7. The molecule has 0 fully saturated rings. The van der Waals surface area contributed by atoms with Crippen LogP contribution < -0.4 is 10.0 Å². The molecule has 2 aromatic carbocycles. The van der Waals surface area contributed by atoms with E-state index in [-0.39, 0.29) is 34.3 Å². The van der Waals surface area contributed by atoms with Crippen LogP contribution in [0.15, 0.2) is 65.6 Å². The predicted octanol–water partition coefficient (Wildman–Crippen LogP) is 4.42. The van der Waals surface area contributed by atoms with E-state index in [0.717, 1.165) is 23.2 Å². The number of carbonyl (C=O) groups is 1. The average molecular weight is 477 g/mol. The van der Waals surface area contributed by atoms with Gasteiger partial charge >= 0.3 is 5.97 Å². The maximum absolute atomic E-state index is 13.1. The van der Waals surface area contributed by atoms with Gasteiger partial charge in [-0.2, -0.15) is 0 Å². The number of hydrogen-bond donors (Lipinski definition) is 3. The molecule has 1 aliphatic heterocycles. The normalized spacial score (nSPS) is 20.8. The Bertz CT molecular complexity index is 1400. The van der Waals surface area contributed by atoms with Gasteiger partial charge in [0, 0.05) is 23.0 Å². The first kappa shape index (κ1) is 22.1. The first-order chi connectivity index (χ1) is 16.2. The number of hydrogen-bond acceptors (Lipinski definition) is 6. The number of benzene rings is 2. The van der Waals surface area contributed by atoms with Crippen LogP contribution in [0.3, 0.4) is 0 Å². The molecule has 1 aliphatic carbocycles. The zero-order chi connectivity index (χ0) is 24.0. The molecular formula is C25H24N4O4S. The average Bonchev–Trinajstić information content (AvgIpc) is 3.27. The van der Waals surface area contributed by atoms with E-state index in [1.807, 2.05) is 12.1 Å². The Kier molecular flexibility index (Phi) is 5.36. The second kappa shape index (κ2) is 8.25. The summed E-state index contributed by atoms with van der Waals surface area (Å²) in [5, 5.41) is 12.7. The standard InChI is InChI=1S/C25H24N4O4S/c1-14-12-15(2)27-25(26-14)29-34(32,33)18-10-11-22-21(13-18)19-4-3-5-20(19)23(28-22)16-6-8-17(9-7-16)24(30)31/h3-4,6-13,19-20,23,28H,5H2,1-2H3,(H,30,31)(H,26,27,29)/t19-,20-,23-/m1/s1. The van der Waals surface area contributed by atoms with Gasteiger partial charge in [0.05, 0.1) is 16.5 Å². The number of carboxylic acid groups (broad SMARTS) is 1. The highest BCUT2D eigenvalue weighted by atomic mass is 32.2. The van der Waals surface area contributed by atoms with E-state index in [1.54, 1.807) is 50.2 Å². The van der Waals surface area contributed by atoms with Crippen LogP contribution in [0, 0.1) is 19.8 Å². The molecule has 2 heterocycles. The lowest BCUT2D eigenvalue weighted by atomic mass is 9.77. The summed E-state index contributed by atoms with van der Waals surface area (Å²) >= 11 is 0. The van der Waals surface area contributed by atoms with Crippen molar-refractivity contribution >= 4 is 27.6 Å². The predicted molar refractivity (Wildman–Crippen MR) is 129 cm³/mol. The van der Waals surface area contributed by atoms with E-state index in [0.29, 0.717) is 11.4 Å². The van der Waals surface area contributed by atoms with E-state index in [1.165, 1.54) is 0 Å². The summed E-state index contributed by atoms with van der Waals surface area (Å²) in [6.45, 7) is 3.57. The lowest BCUT2D eigenvalue weighted by molar-refractivity contribution is 0.0697. The van der Waals surface area contributed by atoms with Gasteiger partial charge in [0.25, 0.3) is 10.0 Å². The zero-order valence-corrected chi connectivity index (χ0v) is 19.5. The number of nitrogens with zero attached hydrogens (tertiary/aromatic N) is 2. The van der Waals surface area contributed by atoms with Crippen molar-refractivity contribution in [2.75, 3.05) is 10.0 Å². The molecule has 0 bridgehead atoms. The number of sulfonamides is 1. The van der Waals surface area contributed by atoms with Crippen molar-refractivity contribution in [3.8, 4) is 0 Å². The molecule has 0 unspecified atom stereocenters. The van der Waals surface area contributed by atoms with Crippen molar-refractivity contribution in [3.05, 3.63) is 88.8 Å². The second-order valence-corrected chi connectivity index (χ2v) is 10.4. The topological polar surface area (TPSA) is 121 Å². The molecule has 0 spiro atoms. The largest absolute Gasteiger partial charge is 0.478 e. The number of nitrogens with one attached hydrogen (secondary N) is 2. The fourth-order valence-corrected chi connectivity index (χ4v) is 5.83. The summed E-state index contributed by atoms with van der Waals surface area (Å²) in [6.07, 6.45) is 5.08. The van der Waals surface area contributed by atoms with Gasteiger partial charge in [-0.15, -0.1) is 0 Å². The van der Waals surface area contributed by atoms with Gasteiger partial charge in [-0.3, -0.25) is 0 Å². The van der Waals surface area contributed by atoms with E-state index < -0.39 is 16.0 Å². The molecule has 34 heavy (non-hydrogen) atoms. The Morgan fingerprint density at radius 2 is 1.76 bits per heavy atom. The van der Waals surface area contributed by atoms with Crippen LogP contribution >= 0.6 is 0 Å². The SMILES string of the molecule is Cc1cc(C)nc(NS(=O)(=O)c2ccc3c(c2)[C@@H]2C=CC[C@H]2[C@@H](c2ccc(C(=O)O)cc2)N3)n1. The smallest absolute Gasteiger partial charge is 0.335 e. The molecular weight excluding hydrogens is 452 g/mol. The number of anilines is 2. The molecule has 3 N–H and O–H groups in total. The van der Waals surface area contributed by atoms with Gasteiger partial charge in [-0.05, 0) is 73.7 Å². The summed E-state index contributed by atoms with van der Waals surface area (Å²) < 4.78 is 28.7. The highest BCUT2D eigenvalue weighted by Gasteiger charge is 2.38. The van der Waals surface area contributed by atoms with Gasteiger partial charge in [0.2, 0.25) is 5.95 Å². The fraction of sp³-hybridized carbons (Fsp3) is 0.240.